The minimum absolute atomic E-state index is 0.00427. The van der Waals surface area contributed by atoms with E-state index in [4.69, 9.17) is 79.9 Å². The van der Waals surface area contributed by atoms with E-state index in [1.807, 2.05) is 36.4 Å². The van der Waals surface area contributed by atoms with Crippen LogP contribution in [0.25, 0.3) is 0 Å². The second-order valence-corrected chi connectivity index (χ2v) is 29.9. The number of carboxylic acid groups (broad SMARTS) is 2. The largest absolute Gasteiger partial charge is 0.573 e. The average molecular weight is 1780 g/mol. The van der Waals surface area contributed by atoms with Crippen molar-refractivity contribution in [2.45, 2.75) is 196 Å². The van der Waals surface area contributed by atoms with Crippen molar-refractivity contribution in [3.8, 4) is 52.1 Å². The zero-order chi connectivity index (χ0) is 86.8. The number of alkyl halides is 12. The fraction of sp³-hybridized carbons (Fsp3) is 0.430. The SMILES string of the molecule is CCOC(=O)c1nnn(Cc2ccc(OC)cc2)c1OC1CCC(c2cc(Cl)cc(OC(F)(F)F)c2)CC1.COc1ccc(Cn2nnc(C(=O)O)c2OC2CCC(c3cc(Cl)cc(OC(F)(F)F)c3)CC2)cc1.O=C(O)c1[nH]nnc1OC1CCC(c2cc(Cl)cc(OC(F)(F)F)c2)CC1.OC1CCC(c2cc(Cl)cc(OC(F)(F)F)c2)CC1. The summed E-state index contributed by atoms with van der Waals surface area (Å²) in [6.45, 7) is 2.43. The summed E-state index contributed by atoms with van der Waals surface area (Å²) in [5, 5.41) is 53.9. The molecule has 25 nitrogen and oxygen atoms in total. The van der Waals surface area contributed by atoms with Crippen LogP contribution >= 0.6 is 46.4 Å². The lowest BCUT2D eigenvalue weighted by Crippen LogP contribution is -2.25. The third-order valence-corrected chi connectivity index (χ3v) is 20.6. The fourth-order valence-corrected chi connectivity index (χ4v) is 15.2. The van der Waals surface area contributed by atoms with Crippen molar-refractivity contribution in [3.05, 3.63) is 192 Å². The van der Waals surface area contributed by atoms with Crippen LogP contribution in [0.15, 0.2) is 121 Å². The molecule has 0 unspecified atom stereocenters. The summed E-state index contributed by atoms with van der Waals surface area (Å²) in [4.78, 5) is 35.2. The highest BCUT2D eigenvalue weighted by Gasteiger charge is 2.38. The predicted molar refractivity (Wildman–Crippen MR) is 407 cm³/mol. The Balaban J connectivity index is 0.000000173. The topological polar surface area (TPSA) is 307 Å². The molecule has 0 spiro atoms. The summed E-state index contributed by atoms with van der Waals surface area (Å²) in [5.41, 5.74) is 3.96. The number of benzene rings is 6. The smallest absolute Gasteiger partial charge is 0.497 e. The Morgan fingerprint density at radius 3 is 1.05 bits per heavy atom. The highest BCUT2D eigenvalue weighted by Crippen LogP contribution is 2.44. The lowest BCUT2D eigenvalue weighted by atomic mass is 9.82. The van der Waals surface area contributed by atoms with Crippen LogP contribution in [-0.4, -0.2) is 149 Å². The highest BCUT2D eigenvalue weighted by molar-refractivity contribution is 6.31. The molecule has 0 amide bonds. The van der Waals surface area contributed by atoms with Crippen molar-refractivity contribution < 1.29 is 130 Å². The van der Waals surface area contributed by atoms with Gasteiger partial charge in [-0.15, -0.1) is 62.9 Å². The first-order chi connectivity index (χ1) is 56.8. The summed E-state index contributed by atoms with van der Waals surface area (Å²) in [6.07, 6.45) is -10.2. The number of methoxy groups -OCH3 is 2. The first-order valence-electron chi connectivity index (χ1n) is 37.4. The number of rotatable bonds is 24. The van der Waals surface area contributed by atoms with E-state index in [2.05, 4.69) is 55.0 Å². The van der Waals surface area contributed by atoms with Gasteiger partial charge in [0.05, 0.1) is 40.0 Å². The van der Waals surface area contributed by atoms with Crippen LogP contribution in [0.5, 0.6) is 52.1 Å². The van der Waals surface area contributed by atoms with E-state index >= 15 is 0 Å². The number of nitrogens with zero attached hydrogens (tertiary/aromatic N) is 8. The van der Waals surface area contributed by atoms with E-state index in [0.29, 0.717) is 125 Å². The van der Waals surface area contributed by atoms with Gasteiger partial charge in [-0.2, -0.15) is 0 Å². The summed E-state index contributed by atoms with van der Waals surface area (Å²) in [7, 11) is 3.15. The van der Waals surface area contributed by atoms with E-state index in [9.17, 15) is 77.3 Å². The van der Waals surface area contributed by atoms with Gasteiger partial charge in [0.1, 0.15) is 52.8 Å². The molecule has 4 saturated carbocycles. The Morgan fingerprint density at radius 2 is 0.742 bits per heavy atom. The number of aromatic amines is 1. The number of nitrogens with one attached hydrogen (secondary N) is 1. The van der Waals surface area contributed by atoms with Gasteiger partial charge in [-0.05, 0) is 264 Å². The van der Waals surface area contributed by atoms with E-state index in [0.717, 1.165) is 53.8 Å². The number of ether oxygens (including phenoxy) is 10. The van der Waals surface area contributed by atoms with Crippen LogP contribution < -0.4 is 42.6 Å². The third-order valence-electron chi connectivity index (χ3n) is 19.7. The molecule has 0 saturated heterocycles. The Hall–Kier alpha value is -10.4. The lowest BCUT2D eigenvalue weighted by Gasteiger charge is -2.29. The zero-order valence-corrected chi connectivity index (χ0v) is 66.9. The molecule has 0 radical (unpaired) electrons. The van der Waals surface area contributed by atoms with E-state index in [-0.39, 0.29) is 139 Å². The molecule has 4 aliphatic carbocycles. The van der Waals surface area contributed by atoms with Crippen LogP contribution in [0.4, 0.5) is 52.7 Å². The van der Waals surface area contributed by atoms with E-state index in [1.54, 1.807) is 57.5 Å². The van der Waals surface area contributed by atoms with Crippen molar-refractivity contribution in [1.29, 1.82) is 0 Å². The van der Waals surface area contributed by atoms with Gasteiger partial charge in [0.2, 0.25) is 28.8 Å². The second kappa shape index (κ2) is 41.3. The van der Waals surface area contributed by atoms with Crippen LogP contribution in [0, 0.1) is 0 Å². The predicted octanol–water partition coefficient (Wildman–Crippen LogP) is 20.3. The van der Waals surface area contributed by atoms with Crippen molar-refractivity contribution in [3.63, 3.8) is 0 Å². The second-order valence-electron chi connectivity index (χ2n) is 28.2. The molecule has 120 heavy (non-hydrogen) atoms. The maximum atomic E-state index is 12.7. The standard InChI is InChI=1S/C26H27ClF3N3O5.C24H23ClF3N3O5.C16H15ClF3N3O4.C13H14ClF3O2/c1-3-36-25(34)23-24(33(32-31-23)15-16-4-8-20(35-2)9-5-16)37-21-10-6-17(7-11-21)18-12-19(27)14-22(13-18)38-26(28,29)30;1-34-18-6-2-14(3-7-18)13-31-22(21(23(32)33)29-30-31)35-19-8-4-15(5-9-19)16-10-17(25)12-20(11-16)36-24(26,27)28;17-10-5-9(6-12(7-10)27-16(18,19)20)8-1-3-11(4-2-8)26-14-13(15(24)25)21-23-22-14;14-10-5-9(8-1-3-11(18)4-2-8)6-12(7-10)19-13(15,16)17/h4-5,8-9,12-14,17,21H,3,6-7,10-11,15H2,1-2H3;2-3,6-7,10-12,15,19H,4-5,8-9,13H2,1H3,(H,32,33);5-8,11H,1-4H2,(H,24,25)(H,21,22,23);5-8,11,18H,1-4H2. The number of esters is 1. The molecule has 4 N–H and O–H groups in total. The molecule has 3 aromatic heterocycles. The van der Waals surface area contributed by atoms with Crippen molar-refractivity contribution in [1.82, 2.24) is 45.4 Å². The normalized spacial score (nSPS) is 19.4. The first-order valence-corrected chi connectivity index (χ1v) is 38.9. The van der Waals surface area contributed by atoms with Crippen molar-refractivity contribution in [2.75, 3.05) is 20.8 Å². The van der Waals surface area contributed by atoms with Gasteiger partial charge in [0, 0.05) is 20.1 Å². The summed E-state index contributed by atoms with van der Waals surface area (Å²) < 4.78 is 202. The van der Waals surface area contributed by atoms with Crippen LogP contribution in [0.3, 0.4) is 0 Å². The van der Waals surface area contributed by atoms with Crippen LogP contribution in [0.1, 0.15) is 198 Å². The molecule has 3 heterocycles. The van der Waals surface area contributed by atoms with E-state index in [1.165, 1.54) is 33.6 Å². The number of halogens is 16. The zero-order valence-electron chi connectivity index (χ0n) is 63.9. The van der Waals surface area contributed by atoms with Gasteiger partial charge in [-0.3, -0.25) is 0 Å². The van der Waals surface area contributed by atoms with Crippen molar-refractivity contribution in [2.24, 2.45) is 0 Å². The van der Waals surface area contributed by atoms with Crippen LogP contribution in [-0.2, 0) is 17.8 Å². The molecule has 41 heteroatoms. The molecule has 648 valence electrons. The fourth-order valence-electron chi connectivity index (χ4n) is 14.2. The summed E-state index contributed by atoms with van der Waals surface area (Å²) in [5.74, 6) is -2.79. The van der Waals surface area contributed by atoms with Gasteiger partial charge in [0.25, 0.3) is 5.88 Å². The Bertz CT molecular complexity index is 4880. The maximum absolute atomic E-state index is 12.7. The number of aliphatic hydroxyl groups excluding tert-OH is 1. The number of carboxylic acids is 2. The minimum Gasteiger partial charge on any atom is -0.497 e. The number of H-pyrrole nitrogens is 1. The molecule has 13 rings (SSSR count). The first kappa shape index (κ1) is 91.9. The lowest BCUT2D eigenvalue weighted by molar-refractivity contribution is -0.275. The molecule has 0 bridgehead atoms. The quantitative estimate of drug-likeness (QED) is 0.0323. The number of aromatic carboxylic acids is 2. The third kappa shape index (κ3) is 28.1. The number of carbonyl (C=O) groups is 3. The highest BCUT2D eigenvalue weighted by atomic mass is 35.5. The molecule has 4 aliphatic rings. The molecule has 9 aromatic rings. The van der Waals surface area contributed by atoms with Gasteiger partial charge in [-0.25, -0.2) is 28.8 Å². The molecule has 0 aliphatic heterocycles. The van der Waals surface area contributed by atoms with Gasteiger partial charge >= 0.3 is 43.4 Å². The number of aliphatic hydroxyl groups is 1. The van der Waals surface area contributed by atoms with E-state index < -0.39 is 43.4 Å². The Kier molecular flexibility index (Phi) is 31.6. The molecule has 6 aromatic carbocycles. The Morgan fingerprint density at radius 1 is 0.425 bits per heavy atom. The number of hydrogen-bond acceptors (Lipinski definition) is 20. The monoisotopic (exact) mass is 1780 g/mol. The van der Waals surface area contributed by atoms with Crippen molar-refractivity contribution >= 4 is 64.3 Å². The van der Waals surface area contributed by atoms with Gasteiger partial charge in [0.15, 0.2) is 0 Å². The maximum Gasteiger partial charge on any atom is 0.573 e. The molecular formula is C79H79Cl4F12N9O16. The molecular weight excluding hydrogens is 1700 g/mol. The minimum atomic E-state index is -4.81. The number of aromatic nitrogens is 9. The molecule has 0 atom stereocenters. The van der Waals surface area contributed by atoms with Gasteiger partial charge < -0.3 is 62.7 Å². The summed E-state index contributed by atoms with van der Waals surface area (Å²) >= 11 is 23.8. The molecule has 4 fully saturated rings. The Labute approximate surface area is 697 Å². The van der Waals surface area contributed by atoms with Crippen LogP contribution in [0.2, 0.25) is 20.1 Å². The number of carbonyl (C=O) groups excluding carboxylic acids is 1. The summed E-state index contributed by atoms with van der Waals surface area (Å²) in [6, 6.07) is 31.2. The average Bonchev–Trinajstić information content (AvgIpc) is 1.62. The number of hydrogen-bond donors (Lipinski definition) is 4. The van der Waals surface area contributed by atoms with Gasteiger partial charge in [-0.1, -0.05) is 91.4 Å².